The zero-order valence-corrected chi connectivity index (χ0v) is 20.0. The van der Waals surface area contributed by atoms with Crippen LogP contribution in [-0.2, 0) is 20.8 Å². The molecule has 2 aromatic heterocycles. The highest BCUT2D eigenvalue weighted by molar-refractivity contribution is 8.01. The Bertz CT molecular complexity index is 1300. The summed E-state index contributed by atoms with van der Waals surface area (Å²) in [6.07, 6.45) is 5.89. The number of amides is 3. The molecule has 3 aromatic rings. The highest BCUT2D eigenvalue weighted by atomic mass is 32.2. The van der Waals surface area contributed by atoms with Crippen LogP contribution >= 0.6 is 34.4 Å². The van der Waals surface area contributed by atoms with Crippen molar-refractivity contribution in [2.75, 3.05) is 16.0 Å². The molecule has 1 saturated heterocycles. The van der Waals surface area contributed by atoms with Crippen molar-refractivity contribution in [1.82, 2.24) is 15.2 Å². The Labute approximate surface area is 201 Å². The molecule has 3 aliphatic rings. The molecule has 2 bridgehead atoms. The number of aryl methyl sites for hydroxylation is 1. The van der Waals surface area contributed by atoms with E-state index in [4.69, 9.17) is 0 Å². The van der Waals surface area contributed by atoms with Gasteiger partial charge in [0.05, 0.1) is 33.5 Å². The number of carbonyl (C=O) groups is 3. The molecule has 2 aliphatic carbocycles. The molecule has 4 atom stereocenters. The fraction of sp³-hybridized carbons (Fsp3) is 0.364. The second-order valence-electron chi connectivity index (χ2n) is 8.33. The Balaban J connectivity index is 1.16. The normalized spacial score (nSPS) is 25.4. The summed E-state index contributed by atoms with van der Waals surface area (Å²) < 4.78 is 1.63. The Hall–Kier alpha value is -2.63. The number of benzene rings is 1. The van der Waals surface area contributed by atoms with Crippen LogP contribution in [0.5, 0.6) is 0 Å². The molecule has 33 heavy (non-hydrogen) atoms. The van der Waals surface area contributed by atoms with E-state index in [0.717, 1.165) is 32.4 Å². The van der Waals surface area contributed by atoms with Gasteiger partial charge < -0.3 is 0 Å². The molecule has 8 nitrogen and oxygen atoms in total. The molecule has 11 heteroatoms. The number of allylic oxidation sites excluding steroid dienone is 2. The van der Waals surface area contributed by atoms with E-state index in [0.29, 0.717) is 10.8 Å². The number of hydrogen-bond donors (Lipinski definition) is 1. The van der Waals surface area contributed by atoms with Gasteiger partial charge in [0.15, 0.2) is 4.34 Å². The van der Waals surface area contributed by atoms with Crippen molar-refractivity contribution in [2.45, 2.75) is 24.1 Å². The monoisotopic (exact) mass is 497 g/mol. The summed E-state index contributed by atoms with van der Waals surface area (Å²) in [5.41, 5.74) is 1.39. The lowest BCUT2D eigenvalue weighted by atomic mass is 9.85. The van der Waals surface area contributed by atoms with E-state index in [9.17, 15) is 14.4 Å². The number of hydrogen-bond acceptors (Lipinski definition) is 9. The molecule has 0 radical (unpaired) electrons. The molecular weight excluding hydrogens is 478 g/mol. The van der Waals surface area contributed by atoms with Gasteiger partial charge in [0, 0.05) is 0 Å². The maximum atomic E-state index is 13.1. The van der Waals surface area contributed by atoms with E-state index in [1.807, 2.05) is 19.1 Å². The molecule has 0 unspecified atom stereocenters. The SMILES string of the molecule is CCc1nnc(NC(=O)CSc2nc3ccc(N4C(=O)[C@@H]5[C@H](C4=O)[C@H]4C=C[C@H]5C4)cc3s2)s1. The number of thiazole rings is 1. The standard InChI is InChI=1S/C22H19N5O3S3/c1-2-16-25-26-21(33-16)24-15(28)9-31-22-23-13-6-5-12(8-14(13)32-22)27-19(29)17-10-3-4-11(7-10)18(17)20(27)30/h3-6,8,10-11,17-18H,2,7,9H2,1H3,(H,24,26,28)/t10-,11-,17-,18+/m0/s1. The number of imide groups is 1. The van der Waals surface area contributed by atoms with Crippen molar-refractivity contribution < 1.29 is 14.4 Å². The lowest BCUT2D eigenvalue weighted by Crippen LogP contribution is -2.32. The number of nitrogens with zero attached hydrogens (tertiary/aromatic N) is 4. The first-order chi connectivity index (χ1) is 16.0. The molecule has 1 N–H and O–H groups in total. The van der Waals surface area contributed by atoms with Gasteiger partial charge in [-0.2, -0.15) is 0 Å². The Morgan fingerprint density at radius 1 is 1.15 bits per heavy atom. The summed E-state index contributed by atoms with van der Waals surface area (Å²) in [4.78, 5) is 44.4. The first-order valence-electron chi connectivity index (χ1n) is 10.7. The van der Waals surface area contributed by atoms with Gasteiger partial charge in [-0.25, -0.2) is 9.88 Å². The summed E-state index contributed by atoms with van der Waals surface area (Å²) in [5.74, 6) is -0.170. The first-order valence-corrected chi connectivity index (χ1v) is 13.4. The van der Waals surface area contributed by atoms with E-state index in [1.54, 1.807) is 6.07 Å². The second-order valence-corrected chi connectivity index (χ2v) is 11.7. The first kappa shape index (κ1) is 20.9. The van der Waals surface area contributed by atoms with Crippen LogP contribution in [0.2, 0.25) is 0 Å². The predicted octanol–water partition coefficient (Wildman–Crippen LogP) is 3.75. The van der Waals surface area contributed by atoms with Gasteiger partial charge in [0.2, 0.25) is 22.9 Å². The van der Waals surface area contributed by atoms with Crippen LogP contribution < -0.4 is 10.2 Å². The molecule has 2 fully saturated rings. The zero-order chi connectivity index (χ0) is 22.7. The summed E-state index contributed by atoms with van der Waals surface area (Å²) in [5, 5.41) is 12.1. The number of fused-ring (bicyclic) bond motifs is 6. The summed E-state index contributed by atoms with van der Waals surface area (Å²) in [6, 6.07) is 5.48. The molecule has 6 rings (SSSR count). The smallest absolute Gasteiger partial charge is 0.238 e. The molecule has 3 amide bonds. The van der Waals surface area contributed by atoms with Crippen LogP contribution in [0.3, 0.4) is 0 Å². The lowest BCUT2D eigenvalue weighted by molar-refractivity contribution is -0.123. The minimum atomic E-state index is -0.212. The van der Waals surface area contributed by atoms with Gasteiger partial charge in [-0.1, -0.05) is 42.2 Å². The Morgan fingerprint density at radius 2 is 1.91 bits per heavy atom. The Morgan fingerprint density at radius 3 is 2.61 bits per heavy atom. The topological polar surface area (TPSA) is 105 Å². The predicted molar refractivity (Wildman–Crippen MR) is 128 cm³/mol. The van der Waals surface area contributed by atoms with Crippen molar-refractivity contribution in [3.63, 3.8) is 0 Å². The van der Waals surface area contributed by atoms with Crippen molar-refractivity contribution in [1.29, 1.82) is 0 Å². The third-order valence-corrected chi connectivity index (χ3v) is 9.57. The number of nitrogens with one attached hydrogen (secondary N) is 1. The maximum absolute atomic E-state index is 13.1. The number of thioether (sulfide) groups is 1. The molecule has 3 heterocycles. The maximum Gasteiger partial charge on any atom is 0.238 e. The fourth-order valence-corrected chi connectivity index (χ4v) is 7.58. The van der Waals surface area contributed by atoms with Gasteiger partial charge in [-0.15, -0.1) is 21.5 Å². The van der Waals surface area contributed by atoms with Crippen LogP contribution in [0.25, 0.3) is 10.2 Å². The molecule has 168 valence electrons. The number of rotatable bonds is 6. The molecule has 1 aromatic carbocycles. The average Bonchev–Trinajstić information content (AvgIpc) is 3.61. The molecular formula is C22H19N5O3S3. The third kappa shape index (κ3) is 3.49. The van der Waals surface area contributed by atoms with Crippen molar-refractivity contribution in [2.24, 2.45) is 23.7 Å². The molecule has 0 spiro atoms. The van der Waals surface area contributed by atoms with Crippen molar-refractivity contribution in [3.05, 3.63) is 35.4 Å². The quantitative estimate of drug-likeness (QED) is 0.314. The van der Waals surface area contributed by atoms with Gasteiger partial charge in [-0.05, 0) is 42.9 Å². The van der Waals surface area contributed by atoms with Gasteiger partial charge >= 0.3 is 0 Å². The van der Waals surface area contributed by atoms with E-state index in [1.165, 1.54) is 39.3 Å². The van der Waals surface area contributed by atoms with Crippen molar-refractivity contribution in [3.8, 4) is 0 Å². The van der Waals surface area contributed by atoms with Crippen LogP contribution in [0.1, 0.15) is 18.4 Å². The van der Waals surface area contributed by atoms with Gasteiger partial charge in [0.25, 0.3) is 0 Å². The van der Waals surface area contributed by atoms with Gasteiger partial charge in [0.1, 0.15) is 5.01 Å². The highest BCUT2D eigenvalue weighted by Crippen LogP contribution is 2.53. The van der Waals surface area contributed by atoms with Crippen LogP contribution in [0.15, 0.2) is 34.7 Å². The average molecular weight is 498 g/mol. The molecule has 1 aliphatic heterocycles. The van der Waals surface area contributed by atoms with E-state index >= 15 is 0 Å². The minimum Gasteiger partial charge on any atom is -0.300 e. The second kappa shape index (κ2) is 8.00. The summed E-state index contributed by atoms with van der Waals surface area (Å²) >= 11 is 4.16. The van der Waals surface area contributed by atoms with Gasteiger partial charge in [-0.3, -0.25) is 19.7 Å². The fourth-order valence-electron chi connectivity index (χ4n) is 4.98. The highest BCUT2D eigenvalue weighted by Gasteiger charge is 2.59. The summed E-state index contributed by atoms with van der Waals surface area (Å²) in [6.45, 7) is 1.99. The zero-order valence-electron chi connectivity index (χ0n) is 17.6. The van der Waals surface area contributed by atoms with E-state index in [-0.39, 0.29) is 47.1 Å². The van der Waals surface area contributed by atoms with Crippen LogP contribution in [0.4, 0.5) is 10.8 Å². The minimum absolute atomic E-state index is 0.0834. The largest absolute Gasteiger partial charge is 0.300 e. The third-order valence-electron chi connectivity index (χ3n) is 6.42. The summed E-state index contributed by atoms with van der Waals surface area (Å²) in [7, 11) is 0. The number of aromatic nitrogens is 3. The Kier molecular flexibility index (Phi) is 5.07. The van der Waals surface area contributed by atoms with Crippen LogP contribution in [-0.4, -0.2) is 38.7 Å². The molecule has 1 saturated carbocycles. The van der Waals surface area contributed by atoms with Crippen LogP contribution in [0, 0.1) is 23.7 Å². The van der Waals surface area contributed by atoms with Crippen molar-refractivity contribution >= 4 is 73.2 Å². The van der Waals surface area contributed by atoms with E-state index in [2.05, 4.69) is 32.7 Å². The van der Waals surface area contributed by atoms with E-state index < -0.39 is 0 Å². The lowest BCUT2D eigenvalue weighted by Gasteiger charge is -2.17. The number of carbonyl (C=O) groups excluding carboxylic acids is 3. The number of anilines is 2.